The molecule has 5 fully saturated rings. The fourth-order valence-electron chi connectivity index (χ4n) is 9.82. The summed E-state index contributed by atoms with van der Waals surface area (Å²) in [7, 11) is 1.19. The number of ketones is 1. The third kappa shape index (κ3) is 7.69. The molecule has 1 heterocycles. The third-order valence-electron chi connectivity index (χ3n) is 13.1. The van der Waals surface area contributed by atoms with Gasteiger partial charge in [-0.1, -0.05) is 13.8 Å². The molecule has 1 saturated heterocycles. The lowest BCUT2D eigenvalue weighted by Crippen LogP contribution is -2.65. The van der Waals surface area contributed by atoms with E-state index >= 15 is 0 Å². The van der Waals surface area contributed by atoms with Crippen LogP contribution in [0.2, 0.25) is 0 Å². The summed E-state index contributed by atoms with van der Waals surface area (Å²) in [4.78, 5) is 66.7. The number of fused-ring (bicyclic) bond motifs is 5. The van der Waals surface area contributed by atoms with Gasteiger partial charge in [-0.3, -0.25) is 19.2 Å². The average molecular weight is 733 g/mol. The molecule has 294 valence electrons. The normalized spacial score (nSPS) is 39.3. The van der Waals surface area contributed by atoms with Crippen LogP contribution in [0.3, 0.4) is 0 Å². The van der Waals surface area contributed by atoms with Gasteiger partial charge in [-0.15, -0.1) is 0 Å². The van der Waals surface area contributed by atoms with Crippen molar-refractivity contribution in [2.24, 2.45) is 50.7 Å². The van der Waals surface area contributed by atoms with Crippen LogP contribution in [-0.2, 0) is 52.4 Å². The van der Waals surface area contributed by atoms with Crippen molar-refractivity contribution in [2.75, 3.05) is 7.11 Å². The minimum Gasteiger partial charge on any atom is -0.467 e. The Morgan fingerprint density at radius 2 is 1.25 bits per heavy atom. The fraction of sp³-hybridized carbons (Fsp3) is 0.878. The summed E-state index contributed by atoms with van der Waals surface area (Å²) in [6.45, 7) is 19.8. The zero-order valence-corrected chi connectivity index (χ0v) is 33.6. The lowest BCUT2D eigenvalue weighted by molar-refractivity contribution is -0.318. The van der Waals surface area contributed by atoms with Crippen molar-refractivity contribution in [1.82, 2.24) is 0 Å². The zero-order valence-electron chi connectivity index (χ0n) is 33.6. The topological polar surface area (TPSA) is 141 Å². The van der Waals surface area contributed by atoms with Gasteiger partial charge in [0.15, 0.2) is 30.7 Å². The summed E-state index contributed by atoms with van der Waals surface area (Å²) in [5.74, 6) is -0.379. The summed E-state index contributed by atoms with van der Waals surface area (Å²) in [6.07, 6.45) is 0.789. The quantitative estimate of drug-likeness (QED) is 0.163. The predicted molar refractivity (Wildman–Crippen MR) is 190 cm³/mol. The fourth-order valence-corrected chi connectivity index (χ4v) is 9.82. The molecular formula is C41H64O11. The molecule has 11 nitrogen and oxygen atoms in total. The van der Waals surface area contributed by atoms with Gasteiger partial charge in [0.2, 0.25) is 0 Å². The first-order chi connectivity index (χ1) is 23.9. The Hall–Kier alpha value is -2.53. The van der Waals surface area contributed by atoms with Crippen LogP contribution < -0.4 is 0 Å². The van der Waals surface area contributed by atoms with Gasteiger partial charge in [-0.05, 0) is 143 Å². The molecule has 11 heteroatoms. The second-order valence-corrected chi connectivity index (χ2v) is 19.9. The lowest BCUT2D eigenvalue weighted by Gasteiger charge is -2.60. The number of carbonyl (C=O) groups is 5. The van der Waals surface area contributed by atoms with Gasteiger partial charge in [0.1, 0.15) is 5.78 Å². The highest BCUT2D eigenvalue weighted by Gasteiger charge is 2.62. The molecule has 4 saturated carbocycles. The van der Waals surface area contributed by atoms with E-state index in [1.807, 2.05) is 0 Å². The molecule has 12 atom stereocenters. The van der Waals surface area contributed by atoms with Crippen LogP contribution in [0, 0.1) is 50.7 Å². The zero-order chi connectivity index (χ0) is 38.8. The van der Waals surface area contributed by atoms with E-state index in [9.17, 15) is 24.0 Å². The number of methoxy groups -OCH3 is 1. The number of hydrogen-bond donors (Lipinski definition) is 0. The maximum atomic E-state index is 13.5. The standard InChI is InChI=1S/C41H64O11/c1-37(2,3)34(44)50-28-29(51-35(45)38(4,5)6)31(52-36(46)39(7,8)9)33(49-30(28)32(43)47-12)48-23-17-19-40(10)22(21-23)13-14-24-25-15-16-27(42)41(25,11)20-18-26(24)40/h22-26,28-31,33H,13-21H2,1-12H3/t22-,23+,24-,25-,26-,28-,29-,30-,31+,33+,40-,41-/m0/s1. The van der Waals surface area contributed by atoms with Crippen molar-refractivity contribution >= 4 is 29.7 Å². The van der Waals surface area contributed by atoms with E-state index in [0.717, 1.165) is 44.9 Å². The third-order valence-corrected chi connectivity index (χ3v) is 13.1. The van der Waals surface area contributed by atoms with E-state index < -0.39 is 70.8 Å². The van der Waals surface area contributed by atoms with Crippen molar-refractivity contribution in [1.29, 1.82) is 0 Å². The van der Waals surface area contributed by atoms with Crippen molar-refractivity contribution in [3.05, 3.63) is 0 Å². The van der Waals surface area contributed by atoms with Gasteiger partial charge >= 0.3 is 23.9 Å². The highest BCUT2D eigenvalue weighted by molar-refractivity contribution is 5.87. The molecule has 5 rings (SSSR count). The van der Waals surface area contributed by atoms with E-state index in [1.54, 1.807) is 62.3 Å². The highest BCUT2D eigenvalue weighted by atomic mass is 16.7. The lowest BCUT2D eigenvalue weighted by atomic mass is 9.45. The molecule has 0 radical (unpaired) electrons. The molecule has 0 unspecified atom stereocenters. The Morgan fingerprint density at radius 1 is 0.692 bits per heavy atom. The molecule has 0 aromatic carbocycles. The molecule has 0 aromatic heterocycles. The monoisotopic (exact) mass is 732 g/mol. The van der Waals surface area contributed by atoms with E-state index in [2.05, 4.69) is 13.8 Å². The van der Waals surface area contributed by atoms with Crippen molar-refractivity contribution in [3.8, 4) is 0 Å². The predicted octanol–water partition coefficient (Wildman–Crippen LogP) is 6.76. The number of ether oxygens (including phenoxy) is 6. The second kappa shape index (κ2) is 14.3. The minimum atomic E-state index is -1.53. The van der Waals surface area contributed by atoms with Gasteiger partial charge in [-0.25, -0.2) is 4.79 Å². The van der Waals surface area contributed by atoms with E-state index in [-0.39, 0.29) is 16.9 Å². The van der Waals surface area contributed by atoms with Crippen LogP contribution in [0.15, 0.2) is 0 Å². The molecule has 1 aliphatic heterocycles. The maximum Gasteiger partial charge on any atom is 0.339 e. The molecule has 0 N–H and O–H groups in total. The first kappa shape index (κ1) is 40.7. The van der Waals surface area contributed by atoms with Gasteiger partial charge in [0.25, 0.3) is 0 Å². The van der Waals surface area contributed by atoms with E-state index in [1.165, 1.54) is 7.11 Å². The smallest absolute Gasteiger partial charge is 0.339 e. The Bertz CT molecular complexity index is 1400. The summed E-state index contributed by atoms with van der Waals surface area (Å²) in [5, 5.41) is 0. The molecule has 4 aliphatic carbocycles. The number of rotatable bonds is 6. The Labute approximate surface area is 310 Å². The van der Waals surface area contributed by atoms with Crippen LogP contribution in [0.4, 0.5) is 0 Å². The van der Waals surface area contributed by atoms with Gasteiger partial charge < -0.3 is 28.4 Å². The molecule has 5 aliphatic rings. The van der Waals surface area contributed by atoms with Crippen molar-refractivity contribution in [2.45, 2.75) is 171 Å². The van der Waals surface area contributed by atoms with E-state index in [4.69, 9.17) is 28.4 Å². The van der Waals surface area contributed by atoms with Gasteiger partial charge in [0.05, 0.1) is 29.5 Å². The minimum absolute atomic E-state index is 0.104. The van der Waals surface area contributed by atoms with Crippen molar-refractivity contribution < 1.29 is 52.4 Å². The van der Waals surface area contributed by atoms with Gasteiger partial charge in [-0.2, -0.15) is 0 Å². The van der Waals surface area contributed by atoms with Crippen LogP contribution in [0.1, 0.15) is 134 Å². The van der Waals surface area contributed by atoms with E-state index in [0.29, 0.717) is 42.3 Å². The number of Topliss-reactive ketones (excluding diaryl/α,β-unsaturated/α-hetero) is 1. The van der Waals surface area contributed by atoms with Crippen molar-refractivity contribution in [3.63, 3.8) is 0 Å². The van der Waals surface area contributed by atoms with Crippen LogP contribution in [-0.4, -0.2) is 73.6 Å². The maximum absolute atomic E-state index is 13.5. The van der Waals surface area contributed by atoms with Crippen LogP contribution in [0.5, 0.6) is 0 Å². The summed E-state index contributed by atoms with van der Waals surface area (Å²) in [5.41, 5.74) is -2.99. The Kier molecular flexibility index (Phi) is 11.2. The number of esters is 4. The van der Waals surface area contributed by atoms with Crippen LogP contribution in [0.25, 0.3) is 0 Å². The largest absolute Gasteiger partial charge is 0.467 e. The molecule has 0 spiro atoms. The molecule has 52 heavy (non-hydrogen) atoms. The number of hydrogen-bond acceptors (Lipinski definition) is 11. The molecule has 0 bridgehead atoms. The highest BCUT2D eigenvalue weighted by Crippen LogP contribution is 2.65. The molecular weight excluding hydrogens is 668 g/mol. The molecule has 0 amide bonds. The average Bonchev–Trinajstić information content (AvgIpc) is 3.35. The van der Waals surface area contributed by atoms with Crippen LogP contribution >= 0.6 is 0 Å². The first-order valence-corrected chi connectivity index (χ1v) is 19.5. The Morgan fingerprint density at radius 3 is 1.81 bits per heavy atom. The summed E-state index contributed by atoms with van der Waals surface area (Å²) >= 11 is 0. The molecule has 0 aromatic rings. The Balaban J connectivity index is 1.45. The summed E-state index contributed by atoms with van der Waals surface area (Å²) < 4.78 is 36.3. The number of carbonyl (C=O) groups excluding carboxylic acids is 5. The summed E-state index contributed by atoms with van der Waals surface area (Å²) in [6, 6.07) is 0. The SMILES string of the molecule is COC(=O)[C@H]1O[C@@H](O[C@@H]2CC[C@@]3(C)[C@@H](CC[C@@H]4[C@@H]3CC[C@]3(C)C(=O)CC[C@@H]43)C2)[C@H](OC(=O)C(C)(C)C)[C@@H](OC(=O)C(C)(C)C)[C@@H]1OC(=O)C(C)(C)C. The first-order valence-electron chi connectivity index (χ1n) is 19.5. The second-order valence-electron chi connectivity index (χ2n) is 19.9. The van der Waals surface area contributed by atoms with Gasteiger partial charge in [0, 0.05) is 11.8 Å².